The fraction of sp³-hybridized carbons (Fsp3) is 0.500. The molecule has 1 N–H and O–H groups in total. The topological polar surface area (TPSA) is 84.9 Å². The van der Waals surface area contributed by atoms with Crippen LogP contribution in [0.4, 0.5) is 4.79 Å². The van der Waals surface area contributed by atoms with Crippen LogP contribution in [0, 0.1) is 5.41 Å². The van der Waals surface area contributed by atoms with Gasteiger partial charge in [-0.15, -0.1) is 0 Å². The van der Waals surface area contributed by atoms with Crippen LogP contribution in [0.5, 0.6) is 0 Å². The van der Waals surface area contributed by atoms with Crippen LogP contribution in [-0.4, -0.2) is 49.2 Å². The van der Waals surface area contributed by atoms with Gasteiger partial charge >= 0.3 is 12.0 Å². The molecule has 0 spiro atoms. The summed E-state index contributed by atoms with van der Waals surface area (Å²) in [6, 6.07) is 8.47. The number of carbonyl (C=O) groups is 3. The molecule has 3 rings (SSSR count). The molecule has 2 aliphatic heterocycles. The van der Waals surface area contributed by atoms with Gasteiger partial charge in [0.1, 0.15) is 18.7 Å². The Hall–Kier alpha value is -2.41. The first-order valence-electron chi connectivity index (χ1n) is 8.33. The molecule has 2 fully saturated rings. The lowest BCUT2D eigenvalue weighted by atomic mass is 9.87. The fourth-order valence-electron chi connectivity index (χ4n) is 3.10. The average Bonchev–Trinajstić information content (AvgIpc) is 2.84. The molecule has 0 bridgehead atoms. The van der Waals surface area contributed by atoms with Crippen molar-refractivity contribution in [1.82, 2.24) is 10.2 Å². The Labute approximate surface area is 146 Å². The highest BCUT2D eigenvalue weighted by atomic mass is 16.5. The minimum absolute atomic E-state index is 0.176. The van der Waals surface area contributed by atoms with Gasteiger partial charge in [-0.05, 0) is 12.0 Å². The lowest BCUT2D eigenvalue weighted by molar-refractivity contribution is -0.166. The van der Waals surface area contributed by atoms with Gasteiger partial charge in [-0.1, -0.05) is 44.2 Å². The number of hydrogen-bond donors (Lipinski definition) is 1. The van der Waals surface area contributed by atoms with Gasteiger partial charge in [0, 0.05) is 5.41 Å². The van der Waals surface area contributed by atoms with Crippen LogP contribution >= 0.6 is 0 Å². The summed E-state index contributed by atoms with van der Waals surface area (Å²) >= 11 is 0. The lowest BCUT2D eigenvalue weighted by Crippen LogP contribution is -2.45. The Bertz CT molecular complexity index is 686. The van der Waals surface area contributed by atoms with E-state index in [9.17, 15) is 14.4 Å². The van der Waals surface area contributed by atoms with E-state index in [1.165, 1.54) is 0 Å². The maximum absolute atomic E-state index is 12.9. The maximum atomic E-state index is 12.9. The standard InChI is InChI=1S/C18H22N2O5/c1-3-18(13-7-5-4-6-8-13)15(22)20(16(23)19-18)9-14(21)25-12-17(2)10-24-11-17/h4-8H,3,9-12H2,1-2H3,(H,19,23). The summed E-state index contributed by atoms with van der Waals surface area (Å²) < 4.78 is 10.3. The third-order valence-electron chi connectivity index (χ3n) is 4.74. The fourth-order valence-corrected chi connectivity index (χ4v) is 3.10. The van der Waals surface area contributed by atoms with E-state index in [0.717, 1.165) is 4.90 Å². The molecular formula is C18H22N2O5. The Morgan fingerprint density at radius 3 is 2.52 bits per heavy atom. The number of hydrogen-bond acceptors (Lipinski definition) is 5. The van der Waals surface area contributed by atoms with Crippen LogP contribution in [0.15, 0.2) is 30.3 Å². The van der Waals surface area contributed by atoms with E-state index < -0.39 is 30.0 Å². The number of urea groups is 1. The lowest BCUT2D eigenvalue weighted by Gasteiger charge is -2.37. The van der Waals surface area contributed by atoms with Crippen LogP contribution in [0.1, 0.15) is 25.8 Å². The number of amides is 3. The molecule has 0 aromatic heterocycles. The van der Waals surface area contributed by atoms with Crippen molar-refractivity contribution in [2.75, 3.05) is 26.4 Å². The molecule has 134 valence electrons. The van der Waals surface area contributed by atoms with Crippen molar-refractivity contribution in [3.63, 3.8) is 0 Å². The van der Waals surface area contributed by atoms with Gasteiger partial charge in [-0.3, -0.25) is 14.5 Å². The molecule has 7 heteroatoms. The Balaban J connectivity index is 1.69. The summed E-state index contributed by atoms with van der Waals surface area (Å²) in [6.45, 7) is 4.68. The first kappa shape index (κ1) is 17.4. The molecule has 1 atom stereocenters. The number of ether oxygens (including phenoxy) is 2. The van der Waals surface area contributed by atoms with Gasteiger partial charge in [0.15, 0.2) is 0 Å². The minimum atomic E-state index is -1.13. The summed E-state index contributed by atoms with van der Waals surface area (Å²) in [5.74, 6) is -1.03. The van der Waals surface area contributed by atoms with Crippen LogP contribution in [0.2, 0.25) is 0 Å². The van der Waals surface area contributed by atoms with Gasteiger partial charge in [0.05, 0.1) is 13.2 Å². The second-order valence-corrected chi connectivity index (χ2v) is 6.91. The van der Waals surface area contributed by atoms with Crippen molar-refractivity contribution in [3.8, 4) is 0 Å². The number of nitrogens with zero attached hydrogens (tertiary/aromatic N) is 1. The smallest absolute Gasteiger partial charge is 0.326 e. The normalized spacial score (nSPS) is 24.6. The van der Waals surface area contributed by atoms with Crippen molar-refractivity contribution in [2.24, 2.45) is 5.41 Å². The molecule has 1 aromatic carbocycles. The van der Waals surface area contributed by atoms with Crippen molar-refractivity contribution in [1.29, 1.82) is 0 Å². The molecule has 1 aromatic rings. The Kier molecular flexibility index (Phi) is 4.51. The van der Waals surface area contributed by atoms with Gasteiger partial charge in [0.25, 0.3) is 5.91 Å². The van der Waals surface area contributed by atoms with Crippen molar-refractivity contribution in [2.45, 2.75) is 25.8 Å². The molecule has 2 saturated heterocycles. The van der Waals surface area contributed by atoms with Crippen molar-refractivity contribution in [3.05, 3.63) is 35.9 Å². The van der Waals surface area contributed by atoms with Crippen molar-refractivity contribution >= 4 is 17.9 Å². The third kappa shape index (κ3) is 3.11. The summed E-state index contributed by atoms with van der Waals surface area (Å²) in [7, 11) is 0. The summed E-state index contributed by atoms with van der Waals surface area (Å²) in [5, 5.41) is 2.74. The third-order valence-corrected chi connectivity index (χ3v) is 4.74. The largest absolute Gasteiger partial charge is 0.464 e. The molecule has 25 heavy (non-hydrogen) atoms. The second-order valence-electron chi connectivity index (χ2n) is 6.91. The molecule has 3 amide bonds. The van der Waals surface area contributed by atoms with Crippen LogP contribution in [-0.2, 0) is 24.6 Å². The predicted octanol–water partition coefficient (Wildman–Crippen LogP) is 1.42. The highest BCUT2D eigenvalue weighted by Gasteiger charge is 2.51. The highest BCUT2D eigenvalue weighted by molar-refractivity contribution is 6.09. The van der Waals surface area contributed by atoms with Gasteiger partial charge < -0.3 is 14.8 Å². The molecule has 0 radical (unpaired) electrons. The maximum Gasteiger partial charge on any atom is 0.326 e. The molecule has 2 aliphatic rings. The van der Waals surface area contributed by atoms with Crippen LogP contribution in [0.25, 0.3) is 0 Å². The average molecular weight is 346 g/mol. The molecular weight excluding hydrogens is 324 g/mol. The molecule has 0 aliphatic carbocycles. The zero-order valence-corrected chi connectivity index (χ0v) is 14.4. The Morgan fingerprint density at radius 2 is 1.96 bits per heavy atom. The van der Waals surface area contributed by atoms with E-state index >= 15 is 0 Å². The summed E-state index contributed by atoms with van der Waals surface area (Å²) in [6.07, 6.45) is 0.391. The number of benzene rings is 1. The van der Waals surface area contributed by atoms with E-state index in [1.807, 2.05) is 32.0 Å². The zero-order valence-electron chi connectivity index (χ0n) is 14.4. The summed E-state index contributed by atoms with van der Waals surface area (Å²) in [4.78, 5) is 38.2. The number of imide groups is 1. The van der Waals surface area contributed by atoms with E-state index in [2.05, 4.69) is 5.32 Å². The second kappa shape index (κ2) is 6.48. The van der Waals surface area contributed by atoms with Gasteiger partial charge in [-0.25, -0.2) is 4.79 Å². The molecule has 0 saturated carbocycles. The van der Waals surface area contributed by atoms with E-state index in [1.54, 1.807) is 12.1 Å². The first-order chi connectivity index (χ1) is 11.9. The molecule has 2 heterocycles. The van der Waals surface area contributed by atoms with Gasteiger partial charge in [0.2, 0.25) is 0 Å². The first-order valence-corrected chi connectivity index (χ1v) is 8.33. The van der Waals surface area contributed by atoms with Crippen molar-refractivity contribution < 1.29 is 23.9 Å². The zero-order chi connectivity index (χ0) is 18.1. The SMILES string of the molecule is CCC1(c2ccccc2)NC(=O)N(CC(=O)OCC2(C)COC2)C1=O. The summed E-state index contributed by atoms with van der Waals surface area (Å²) in [5.41, 5.74) is -0.609. The molecule has 1 unspecified atom stereocenters. The highest BCUT2D eigenvalue weighted by Crippen LogP contribution is 2.32. The van der Waals surface area contributed by atoms with E-state index in [4.69, 9.17) is 9.47 Å². The van der Waals surface area contributed by atoms with E-state index in [-0.39, 0.29) is 12.0 Å². The monoisotopic (exact) mass is 346 g/mol. The van der Waals surface area contributed by atoms with Crippen LogP contribution < -0.4 is 5.32 Å². The minimum Gasteiger partial charge on any atom is -0.464 e. The quantitative estimate of drug-likeness (QED) is 0.622. The number of esters is 1. The number of carbonyl (C=O) groups excluding carboxylic acids is 3. The number of rotatable bonds is 6. The molecule has 7 nitrogen and oxygen atoms in total. The van der Waals surface area contributed by atoms with Gasteiger partial charge in [-0.2, -0.15) is 0 Å². The van der Waals surface area contributed by atoms with Crippen LogP contribution in [0.3, 0.4) is 0 Å². The number of nitrogens with one attached hydrogen (secondary N) is 1. The Morgan fingerprint density at radius 1 is 1.28 bits per heavy atom. The predicted molar refractivity (Wildman–Crippen MR) is 88.5 cm³/mol. The van der Waals surface area contributed by atoms with E-state index in [0.29, 0.717) is 25.2 Å².